The van der Waals surface area contributed by atoms with Crippen molar-refractivity contribution in [1.82, 2.24) is 20.0 Å². The Morgan fingerprint density at radius 1 is 1.16 bits per heavy atom. The van der Waals surface area contributed by atoms with Gasteiger partial charge in [0.25, 0.3) is 11.6 Å². The predicted molar refractivity (Wildman–Crippen MR) is 115 cm³/mol. The molecular formula is C22H22N6O4. The molecule has 1 saturated carbocycles. The summed E-state index contributed by atoms with van der Waals surface area (Å²) in [5, 5.41) is 15.2. The Morgan fingerprint density at radius 3 is 2.59 bits per heavy atom. The lowest BCUT2D eigenvalue weighted by Gasteiger charge is -2.35. The summed E-state index contributed by atoms with van der Waals surface area (Å²) >= 11 is 0. The number of nitro benzene ring substituents is 1. The largest absolute Gasteiger partial charge is 0.353 e. The third-order valence-corrected chi connectivity index (χ3v) is 5.92. The quantitative estimate of drug-likeness (QED) is 0.444. The van der Waals surface area contributed by atoms with Gasteiger partial charge in [0.1, 0.15) is 5.82 Å². The summed E-state index contributed by atoms with van der Waals surface area (Å²) in [5.74, 6) is 2.28. The second-order valence-corrected chi connectivity index (χ2v) is 8.17. The van der Waals surface area contributed by atoms with Crippen LogP contribution in [0.1, 0.15) is 40.6 Å². The standard InChI is InChI=1S/C22H22N6O4/c1-14-2-3-16(12-18(14)28(30)31)22(29)27-10-8-26(9-11-27)19-7-6-17(13-23-19)20-24-21(32-25-20)15-4-5-15/h2-3,6-7,12-13,15H,4-5,8-11H2,1H3. The first-order chi connectivity index (χ1) is 15.5. The lowest BCUT2D eigenvalue weighted by atomic mass is 10.1. The lowest BCUT2D eigenvalue weighted by molar-refractivity contribution is -0.385. The smallest absolute Gasteiger partial charge is 0.273 e. The fourth-order valence-electron chi connectivity index (χ4n) is 3.81. The van der Waals surface area contributed by atoms with Crippen molar-refractivity contribution in [2.24, 2.45) is 0 Å². The van der Waals surface area contributed by atoms with Crippen molar-refractivity contribution in [1.29, 1.82) is 0 Å². The number of anilines is 1. The molecule has 0 bridgehead atoms. The number of benzene rings is 1. The number of amides is 1. The SMILES string of the molecule is Cc1ccc(C(=O)N2CCN(c3ccc(-c4noc(C5CC5)n4)cn3)CC2)cc1[N+](=O)[O-]. The van der Waals surface area contributed by atoms with Gasteiger partial charge >= 0.3 is 0 Å². The van der Waals surface area contributed by atoms with E-state index < -0.39 is 4.92 Å². The first-order valence-corrected chi connectivity index (χ1v) is 10.6. The maximum absolute atomic E-state index is 12.8. The summed E-state index contributed by atoms with van der Waals surface area (Å²) in [6, 6.07) is 8.46. The summed E-state index contributed by atoms with van der Waals surface area (Å²) in [6.07, 6.45) is 3.95. The third kappa shape index (κ3) is 3.91. The van der Waals surface area contributed by atoms with Gasteiger partial charge in [0.05, 0.1) is 4.92 Å². The summed E-state index contributed by atoms with van der Waals surface area (Å²) in [4.78, 5) is 36.4. The number of nitrogens with zero attached hydrogens (tertiary/aromatic N) is 6. The topological polar surface area (TPSA) is 119 Å². The third-order valence-electron chi connectivity index (χ3n) is 5.92. The van der Waals surface area contributed by atoms with E-state index in [1.54, 1.807) is 30.2 Å². The zero-order chi connectivity index (χ0) is 22.2. The van der Waals surface area contributed by atoms with Crippen molar-refractivity contribution in [3.8, 4) is 11.4 Å². The minimum atomic E-state index is -0.458. The van der Waals surface area contributed by atoms with Gasteiger partial charge < -0.3 is 14.3 Å². The molecule has 3 heterocycles. The summed E-state index contributed by atoms with van der Waals surface area (Å²) in [6.45, 7) is 3.94. The van der Waals surface area contributed by atoms with Gasteiger partial charge in [-0.1, -0.05) is 11.2 Å². The van der Waals surface area contributed by atoms with Gasteiger partial charge in [0.2, 0.25) is 11.7 Å². The van der Waals surface area contributed by atoms with Crippen LogP contribution in [-0.2, 0) is 0 Å². The predicted octanol–water partition coefficient (Wildman–Crippen LogP) is 3.19. The van der Waals surface area contributed by atoms with E-state index in [-0.39, 0.29) is 11.6 Å². The molecular weight excluding hydrogens is 412 g/mol. The van der Waals surface area contributed by atoms with Crippen LogP contribution in [0.15, 0.2) is 41.1 Å². The number of carbonyl (C=O) groups excluding carboxylic acids is 1. The molecule has 10 heteroatoms. The summed E-state index contributed by atoms with van der Waals surface area (Å²) in [7, 11) is 0. The second-order valence-electron chi connectivity index (χ2n) is 8.17. The van der Waals surface area contributed by atoms with Gasteiger partial charge in [-0.15, -0.1) is 0 Å². The first-order valence-electron chi connectivity index (χ1n) is 10.6. The Balaban J connectivity index is 1.22. The normalized spacial score (nSPS) is 16.3. The zero-order valence-corrected chi connectivity index (χ0v) is 17.6. The molecule has 0 unspecified atom stereocenters. The van der Waals surface area contributed by atoms with Crippen LogP contribution in [0.25, 0.3) is 11.4 Å². The Morgan fingerprint density at radius 2 is 1.94 bits per heavy atom. The van der Waals surface area contributed by atoms with Gasteiger partial charge in [-0.3, -0.25) is 14.9 Å². The number of rotatable bonds is 5. The van der Waals surface area contributed by atoms with Gasteiger partial charge in [-0.25, -0.2) is 4.98 Å². The van der Waals surface area contributed by atoms with Gasteiger partial charge in [-0.05, 0) is 38.0 Å². The number of hydrogen-bond donors (Lipinski definition) is 0. The van der Waals surface area contributed by atoms with Crippen LogP contribution in [0.3, 0.4) is 0 Å². The van der Waals surface area contributed by atoms with Crippen molar-refractivity contribution in [3.63, 3.8) is 0 Å². The number of carbonyl (C=O) groups is 1. The van der Waals surface area contributed by atoms with Crippen molar-refractivity contribution in [3.05, 3.63) is 63.7 Å². The first kappa shape index (κ1) is 20.1. The number of pyridine rings is 1. The highest BCUT2D eigenvalue weighted by atomic mass is 16.6. The number of piperazine rings is 1. The van der Waals surface area contributed by atoms with Crippen LogP contribution in [0.2, 0.25) is 0 Å². The zero-order valence-electron chi connectivity index (χ0n) is 17.6. The van der Waals surface area contributed by atoms with E-state index >= 15 is 0 Å². The van der Waals surface area contributed by atoms with Crippen molar-refractivity contribution in [2.75, 3.05) is 31.1 Å². The molecule has 1 saturated heterocycles. The van der Waals surface area contributed by atoms with Crippen LogP contribution >= 0.6 is 0 Å². The Labute approximate surface area is 184 Å². The highest BCUT2D eigenvalue weighted by molar-refractivity contribution is 5.95. The van der Waals surface area contributed by atoms with E-state index in [1.807, 2.05) is 12.1 Å². The van der Waals surface area contributed by atoms with E-state index in [0.29, 0.717) is 54.9 Å². The molecule has 0 spiro atoms. The van der Waals surface area contributed by atoms with E-state index in [9.17, 15) is 14.9 Å². The summed E-state index contributed by atoms with van der Waals surface area (Å²) in [5.41, 5.74) is 1.64. The highest BCUT2D eigenvalue weighted by Crippen LogP contribution is 2.39. The van der Waals surface area contributed by atoms with Crippen molar-refractivity contribution >= 4 is 17.4 Å². The molecule has 2 fully saturated rings. The van der Waals surface area contributed by atoms with Crippen LogP contribution < -0.4 is 4.90 Å². The molecule has 10 nitrogen and oxygen atoms in total. The number of aromatic nitrogens is 3. The monoisotopic (exact) mass is 434 g/mol. The van der Waals surface area contributed by atoms with E-state index in [4.69, 9.17) is 4.52 Å². The Kier molecular flexibility index (Phi) is 5.04. The molecule has 1 aromatic carbocycles. The minimum Gasteiger partial charge on any atom is -0.353 e. The molecule has 1 aliphatic carbocycles. The molecule has 0 radical (unpaired) electrons. The molecule has 164 valence electrons. The maximum Gasteiger partial charge on any atom is 0.273 e. The van der Waals surface area contributed by atoms with Gasteiger partial charge in [0, 0.05) is 61.1 Å². The number of nitro groups is 1. The van der Waals surface area contributed by atoms with Crippen LogP contribution in [0, 0.1) is 17.0 Å². The van der Waals surface area contributed by atoms with E-state index in [2.05, 4.69) is 20.0 Å². The average molecular weight is 434 g/mol. The van der Waals surface area contributed by atoms with Crippen LogP contribution in [-0.4, -0.2) is 57.0 Å². The maximum atomic E-state index is 12.8. The summed E-state index contributed by atoms with van der Waals surface area (Å²) < 4.78 is 5.31. The average Bonchev–Trinajstić information content (AvgIpc) is 3.55. The van der Waals surface area contributed by atoms with E-state index in [0.717, 1.165) is 24.2 Å². The molecule has 1 amide bonds. The molecule has 3 aromatic rings. The molecule has 32 heavy (non-hydrogen) atoms. The van der Waals surface area contributed by atoms with Crippen LogP contribution in [0.5, 0.6) is 0 Å². The second kappa shape index (κ2) is 8.03. The molecule has 0 atom stereocenters. The van der Waals surface area contributed by atoms with E-state index in [1.165, 1.54) is 6.07 Å². The van der Waals surface area contributed by atoms with Gasteiger partial charge in [0.15, 0.2) is 0 Å². The number of hydrogen-bond acceptors (Lipinski definition) is 8. The minimum absolute atomic E-state index is 0.0374. The Hall–Kier alpha value is -3.82. The van der Waals surface area contributed by atoms with Crippen molar-refractivity contribution in [2.45, 2.75) is 25.7 Å². The molecule has 2 aromatic heterocycles. The fraction of sp³-hybridized carbons (Fsp3) is 0.364. The molecule has 5 rings (SSSR count). The van der Waals surface area contributed by atoms with Crippen molar-refractivity contribution < 1.29 is 14.2 Å². The van der Waals surface area contributed by atoms with Crippen LogP contribution in [0.4, 0.5) is 11.5 Å². The highest BCUT2D eigenvalue weighted by Gasteiger charge is 2.30. The molecule has 2 aliphatic rings. The fourth-order valence-corrected chi connectivity index (χ4v) is 3.81. The lowest BCUT2D eigenvalue weighted by Crippen LogP contribution is -2.49. The molecule has 0 N–H and O–H groups in total. The number of aryl methyl sites for hydroxylation is 1. The molecule has 1 aliphatic heterocycles. The van der Waals surface area contributed by atoms with Gasteiger partial charge in [-0.2, -0.15) is 4.98 Å². The Bertz CT molecular complexity index is 1160.